The van der Waals surface area contributed by atoms with Crippen LogP contribution in [0.4, 0.5) is 5.69 Å². The molecule has 0 aliphatic carbocycles. The maximum atomic E-state index is 11.4. The minimum absolute atomic E-state index is 0.0418. The molecule has 20 heavy (non-hydrogen) atoms. The molecule has 0 aromatic heterocycles. The SMILES string of the molecule is COc1ccc(S(N)(=O)=O)cc1NC1CCS(=O)CC1. The summed E-state index contributed by atoms with van der Waals surface area (Å²) in [7, 11) is -2.95. The minimum atomic E-state index is -3.74. The topological polar surface area (TPSA) is 98.5 Å². The Balaban J connectivity index is 2.22. The highest BCUT2D eigenvalue weighted by Crippen LogP contribution is 2.29. The van der Waals surface area contributed by atoms with Crippen LogP contribution in [0.2, 0.25) is 0 Å². The van der Waals surface area contributed by atoms with E-state index in [2.05, 4.69) is 5.32 Å². The van der Waals surface area contributed by atoms with E-state index in [4.69, 9.17) is 9.88 Å². The summed E-state index contributed by atoms with van der Waals surface area (Å²) in [6.07, 6.45) is 1.57. The summed E-state index contributed by atoms with van der Waals surface area (Å²) in [5, 5.41) is 8.39. The molecule has 0 atom stereocenters. The van der Waals surface area contributed by atoms with Gasteiger partial charge < -0.3 is 10.1 Å². The number of sulfonamides is 1. The van der Waals surface area contributed by atoms with E-state index >= 15 is 0 Å². The molecule has 6 nitrogen and oxygen atoms in total. The van der Waals surface area contributed by atoms with E-state index in [1.807, 2.05) is 0 Å². The van der Waals surface area contributed by atoms with Crippen LogP contribution in [0.5, 0.6) is 5.75 Å². The fourth-order valence-electron chi connectivity index (χ4n) is 2.13. The molecule has 0 saturated carbocycles. The average Bonchev–Trinajstić information content (AvgIpc) is 2.40. The minimum Gasteiger partial charge on any atom is -0.495 e. The van der Waals surface area contributed by atoms with Gasteiger partial charge in [-0.05, 0) is 31.0 Å². The van der Waals surface area contributed by atoms with Gasteiger partial charge in [0.15, 0.2) is 0 Å². The highest BCUT2D eigenvalue weighted by atomic mass is 32.2. The quantitative estimate of drug-likeness (QED) is 0.850. The first-order valence-electron chi connectivity index (χ1n) is 6.22. The van der Waals surface area contributed by atoms with E-state index in [-0.39, 0.29) is 10.9 Å². The van der Waals surface area contributed by atoms with E-state index in [9.17, 15) is 12.6 Å². The van der Waals surface area contributed by atoms with Crippen molar-refractivity contribution >= 4 is 26.5 Å². The molecule has 1 heterocycles. The highest BCUT2D eigenvalue weighted by Gasteiger charge is 2.20. The number of hydrogen-bond donors (Lipinski definition) is 2. The van der Waals surface area contributed by atoms with Crippen LogP contribution in [0.15, 0.2) is 23.1 Å². The molecular formula is C12H18N2O4S2. The molecule has 112 valence electrons. The van der Waals surface area contributed by atoms with E-state index in [0.717, 1.165) is 12.8 Å². The summed E-state index contributed by atoms with van der Waals surface area (Å²) in [6, 6.07) is 4.62. The number of rotatable bonds is 4. The molecule has 0 spiro atoms. The monoisotopic (exact) mass is 318 g/mol. The Morgan fingerprint density at radius 3 is 2.55 bits per heavy atom. The van der Waals surface area contributed by atoms with Gasteiger partial charge in [0.2, 0.25) is 10.0 Å². The Kier molecular flexibility index (Phi) is 4.66. The Bertz CT molecular complexity index is 606. The van der Waals surface area contributed by atoms with Gasteiger partial charge in [0.05, 0.1) is 17.7 Å². The number of methoxy groups -OCH3 is 1. The lowest BCUT2D eigenvalue weighted by Gasteiger charge is -2.24. The molecule has 1 aliphatic rings. The Hall–Kier alpha value is -1.12. The van der Waals surface area contributed by atoms with Crippen molar-refractivity contribution in [3.8, 4) is 5.75 Å². The predicted octanol–water partition coefficient (Wildman–Crippen LogP) is 0.666. The summed E-state index contributed by atoms with van der Waals surface area (Å²) < 4.78 is 39.3. The summed E-state index contributed by atoms with van der Waals surface area (Å²) in [5.41, 5.74) is 0.594. The molecule has 1 aromatic carbocycles. The number of primary sulfonamides is 1. The highest BCUT2D eigenvalue weighted by molar-refractivity contribution is 7.89. The first-order chi connectivity index (χ1) is 9.40. The van der Waals surface area contributed by atoms with Crippen LogP contribution in [0.3, 0.4) is 0 Å². The molecule has 0 radical (unpaired) electrons. The molecule has 8 heteroatoms. The zero-order valence-corrected chi connectivity index (χ0v) is 12.8. The lowest BCUT2D eigenvalue weighted by molar-refractivity contribution is 0.415. The van der Waals surface area contributed by atoms with Gasteiger partial charge in [0, 0.05) is 28.3 Å². The van der Waals surface area contributed by atoms with Crippen molar-refractivity contribution in [2.45, 2.75) is 23.8 Å². The van der Waals surface area contributed by atoms with Gasteiger partial charge in [-0.3, -0.25) is 4.21 Å². The Morgan fingerprint density at radius 2 is 2.00 bits per heavy atom. The number of hydrogen-bond acceptors (Lipinski definition) is 5. The maximum Gasteiger partial charge on any atom is 0.238 e. The van der Waals surface area contributed by atoms with Crippen molar-refractivity contribution in [2.75, 3.05) is 23.9 Å². The van der Waals surface area contributed by atoms with E-state index in [1.54, 1.807) is 6.07 Å². The van der Waals surface area contributed by atoms with Crippen LogP contribution in [-0.2, 0) is 20.8 Å². The molecule has 1 saturated heterocycles. The van der Waals surface area contributed by atoms with Crippen LogP contribution in [-0.4, -0.2) is 37.3 Å². The van der Waals surface area contributed by atoms with E-state index < -0.39 is 20.8 Å². The van der Waals surface area contributed by atoms with E-state index in [0.29, 0.717) is 22.9 Å². The zero-order valence-electron chi connectivity index (χ0n) is 11.2. The standard InChI is InChI=1S/C12H18N2O4S2/c1-18-12-3-2-10(20(13,16)17)8-11(12)14-9-4-6-19(15)7-5-9/h2-3,8-9,14H,4-7H2,1H3,(H2,13,16,17). The number of ether oxygens (including phenoxy) is 1. The number of nitrogens with one attached hydrogen (secondary N) is 1. The van der Waals surface area contributed by atoms with Crippen molar-refractivity contribution in [1.82, 2.24) is 0 Å². The van der Waals surface area contributed by atoms with Gasteiger partial charge in [-0.15, -0.1) is 0 Å². The van der Waals surface area contributed by atoms with Crippen molar-refractivity contribution in [3.63, 3.8) is 0 Å². The van der Waals surface area contributed by atoms with Gasteiger partial charge >= 0.3 is 0 Å². The largest absolute Gasteiger partial charge is 0.495 e. The molecule has 2 rings (SSSR count). The smallest absolute Gasteiger partial charge is 0.238 e. The second kappa shape index (κ2) is 6.11. The predicted molar refractivity (Wildman–Crippen MR) is 78.9 cm³/mol. The molecule has 1 aliphatic heterocycles. The Labute approximate surface area is 121 Å². The third kappa shape index (κ3) is 3.71. The molecular weight excluding hydrogens is 300 g/mol. The first-order valence-corrected chi connectivity index (χ1v) is 9.26. The van der Waals surface area contributed by atoms with Crippen LogP contribution >= 0.6 is 0 Å². The van der Waals surface area contributed by atoms with Gasteiger partial charge in [-0.1, -0.05) is 0 Å². The van der Waals surface area contributed by atoms with E-state index in [1.165, 1.54) is 19.2 Å². The molecule has 0 amide bonds. The fraction of sp³-hybridized carbons (Fsp3) is 0.500. The average molecular weight is 318 g/mol. The molecule has 0 bridgehead atoms. The fourth-order valence-corrected chi connectivity index (χ4v) is 3.97. The van der Waals surface area contributed by atoms with Gasteiger partial charge in [0.1, 0.15) is 5.75 Å². The van der Waals surface area contributed by atoms with Crippen LogP contribution in [0, 0.1) is 0 Å². The Morgan fingerprint density at radius 1 is 1.35 bits per heavy atom. The third-order valence-electron chi connectivity index (χ3n) is 3.25. The molecule has 3 N–H and O–H groups in total. The lowest BCUT2D eigenvalue weighted by atomic mass is 10.1. The number of benzene rings is 1. The van der Waals surface area contributed by atoms with Crippen molar-refractivity contribution in [3.05, 3.63) is 18.2 Å². The first kappa shape index (κ1) is 15.3. The molecule has 1 fully saturated rings. The second-order valence-electron chi connectivity index (χ2n) is 4.67. The third-order valence-corrected chi connectivity index (χ3v) is 5.54. The summed E-state index contributed by atoms with van der Waals surface area (Å²) >= 11 is 0. The van der Waals surface area contributed by atoms with Crippen molar-refractivity contribution < 1.29 is 17.4 Å². The van der Waals surface area contributed by atoms with Crippen LogP contribution in [0.25, 0.3) is 0 Å². The van der Waals surface area contributed by atoms with Crippen molar-refractivity contribution in [2.24, 2.45) is 5.14 Å². The molecule has 0 unspecified atom stereocenters. The lowest BCUT2D eigenvalue weighted by Crippen LogP contribution is -2.29. The van der Waals surface area contributed by atoms with Gasteiger partial charge in [-0.2, -0.15) is 0 Å². The second-order valence-corrected chi connectivity index (χ2v) is 7.93. The number of nitrogens with two attached hydrogens (primary N) is 1. The van der Waals surface area contributed by atoms with Crippen LogP contribution < -0.4 is 15.2 Å². The summed E-state index contributed by atoms with van der Waals surface area (Å²) in [5.74, 6) is 1.88. The maximum absolute atomic E-state index is 11.4. The zero-order chi connectivity index (χ0) is 14.8. The van der Waals surface area contributed by atoms with Gasteiger partial charge in [-0.25, -0.2) is 13.6 Å². The van der Waals surface area contributed by atoms with Gasteiger partial charge in [0.25, 0.3) is 0 Å². The van der Waals surface area contributed by atoms with Crippen molar-refractivity contribution in [1.29, 1.82) is 0 Å². The molecule has 1 aromatic rings. The van der Waals surface area contributed by atoms with Crippen LogP contribution in [0.1, 0.15) is 12.8 Å². The number of anilines is 1. The summed E-state index contributed by atoms with van der Waals surface area (Å²) in [6.45, 7) is 0. The summed E-state index contributed by atoms with van der Waals surface area (Å²) in [4.78, 5) is 0.0418. The normalized spacial score (nSPS) is 23.3.